The topological polar surface area (TPSA) is 138 Å². The number of aromatic nitrogens is 4. The van der Waals surface area contributed by atoms with Crippen molar-refractivity contribution in [2.24, 2.45) is 0 Å². The van der Waals surface area contributed by atoms with Crippen LogP contribution in [0.5, 0.6) is 0 Å². The number of pyridine rings is 2. The Kier molecular flexibility index (Phi) is 6.17. The lowest BCUT2D eigenvalue weighted by Crippen LogP contribution is -2.45. The zero-order chi connectivity index (χ0) is 22.7. The summed E-state index contributed by atoms with van der Waals surface area (Å²) >= 11 is 0. The molecule has 3 N–H and O–H groups in total. The van der Waals surface area contributed by atoms with Gasteiger partial charge in [-0.25, -0.2) is 19.7 Å². The molecule has 0 aliphatic carbocycles. The van der Waals surface area contributed by atoms with Crippen LogP contribution in [0.4, 0.5) is 16.3 Å². The Morgan fingerprint density at radius 1 is 1.19 bits per heavy atom. The van der Waals surface area contributed by atoms with Gasteiger partial charge in [0.1, 0.15) is 5.82 Å². The number of H-pyrrole nitrogens is 1. The van der Waals surface area contributed by atoms with E-state index in [1.165, 1.54) is 0 Å². The monoisotopic (exact) mass is 439 g/mol. The summed E-state index contributed by atoms with van der Waals surface area (Å²) in [6.45, 7) is 7.78. The van der Waals surface area contributed by atoms with Gasteiger partial charge in [-0.05, 0) is 26.8 Å². The lowest BCUT2D eigenvalue weighted by atomic mass is 10.0. The number of morpholine rings is 1. The van der Waals surface area contributed by atoms with E-state index in [9.17, 15) is 9.59 Å². The highest BCUT2D eigenvalue weighted by atomic mass is 16.5. The fourth-order valence-corrected chi connectivity index (χ4v) is 3.75. The molecule has 4 rings (SSSR count). The molecule has 32 heavy (non-hydrogen) atoms. The van der Waals surface area contributed by atoms with Crippen LogP contribution in [0.1, 0.15) is 20.8 Å². The number of hydrogen-bond acceptors (Lipinski definition) is 8. The van der Waals surface area contributed by atoms with Crippen molar-refractivity contribution >= 4 is 17.5 Å². The van der Waals surface area contributed by atoms with Crippen molar-refractivity contribution in [1.29, 1.82) is 0 Å². The molecule has 0 saturated carbocycles. The first-order valence-electron chi connectivity index (χ1n) is 10.4. The molecule has 11 heteroatoms. The average molecular weight is 439 g/mol. The van der Waals surface area contributed by atoms with E-state index in [4.69, 9.17) is 9.15 Å². The van der Waals surface area contributed by atoms with Crippen molar-refractivity contribution in [2.45, 2.75) is 33.0 Å². The van der Waals surface area contributed by atoms with Crippen molar-refractivity contribution in [3.8, 4) is 22.6 Å². The maximum Gasteiger partial charge on any atom is 0.434 e. The van der Waals surface area contributed by atoms with E-state index in [1.54, 1.807) is 18.6 Å². The number of aromatic amines is 1. The summed E-state index contributed by atoms with van der Waals surface area (Å²) in [5.74, 6) is -0.0456. The molecule has 0 unspecified atom stereocenters. The maximum atomic E-state index is 12.0. The first kappa shape index (κ1) is 21.5. The van der Waals surface area contributed by atoms with Gasteiger partial charge in [0.15, 0.2) is 0 Å². The molecule has 1 fully saturated rings. The van der Waals surface area contributed by atoms with Gasteiger partial charge in [0.25, 0.3) is 5.89 Å². The number of urea groups is 1. The number of amides is 2. The lowest BCUT2D eigenvalue weighted by Gasteiger charge is -2.37. The number of carbonyl (C=O) groups excluding carboxylic acids is 1. The summed E-state index contributed by atoms with van der Waals surface area (Å²) < 4.78 is 10.9. The van der Waals surface area contributed by atoms with Crippen LogP contribution < -0.4 is 21.3 Å². The second kappa shape index (κ2) is 9.18. The normalized spacial score (nSPS) is 18.4. The third-order valence-electron chi connectivity index (χ3n) is 4.96. The average Bonchev–Trinajstić information content (AvgIpc) is 3.20. The number of hydrogen-bond donors (Lipinski definition) is 3. The smallest absolute Gasteiger partial charge is 0.388 e. The lowest BCUT2D eigenvalue weighted by molar-refractivity contribution is -0.00518. The van der Waals surface area contributed by atoms with E-state index >= 15 is 0 Å². The van der Waals surface area contributed by atoms with Crippen molar-refractivity contribution in [1.82, 2.24) is 25.5 Å². The first-order chi connectivity index (χ1) is 15.4. The summed E-state index contributed by atoms with van der Waals surface area (Å²) in [4.78, 5) is 34.3. The van der Waals surface area contributed by atoms with Gasteiger partial charge in [-0.2, -0.15) is 0 Å². The minimum Gasteiger partial charge on any atom is -0.388 e. The Hall–Kier alpha value is -3.73. The molecule has 1 aliphatic heterocycles. The predicted molar refractivity (Wildman–Crippen MR) is 119 cm³/mol. The molecule has 0 radical (unpaired) electrons. The third kappa shape index (κ3) is 4.78. The molecular weight excluding hydrogens is 414 g/mol. The number of ether oxygens (including phenoxy) is 1. The van der Waals surface area contributed by atoms with E-state index < -0.39 is 5.76 Å². The van der Waals surface area contributed by atoms with Gasteiger partial charge in [0.05, 0.1) is 23.5 Å². The van der Waals surface area contributed by atoms with Crippen LogP contribution in [0.25, 0.3) is 22.6 Å². The standard InChI is InChI=1S/C21H25N7O4/c1-4-23-20(29)25-18-6-17(28-10-12(2)31-13(3)11-28)16(9-24-18)14-5-15(8-22-7-14)19-26-27-21(30)32-19/h5-9,12-13H,4,10-11H2,1-3H3,(H,27,30)(H2,23,24,25,29)/t12-,13+. The van der Waals surface area contributed by atoms with Crippen LogP contribution in [0, 0.1) is 0 Å². The molecule has 1 aliphatic rings. The molecule has 3 aromatic heterocycles. The quantitative estimate of drug-likeness (QED) is 0.550. The highest BCUT2D eigenvalue weighted by Crippen LogP contribution is 2.35. The van der Waals surface area contributed by atoms with Crippen LogP contribution in [0.3, 0.4) is 0 Å². The zero-order valence-electron chi connectivity index (χ0n) is 18.1. The van der Waals surface area contributed by atoms with E-state index in [2.05, 4.69) is 35.7 Å². The van der Waals surface area contributed by atoms with Gasteiger partial charge < -0.3 is 19.4 Å². The van der Waals surface area contributed by atoms with Crippen LogP contribution in [-0.4, -0.2) is 58.0 Å². The van der Waals surface area contributed by atoms with Crippen molar-refractivity contribution in [2.75, 3.05) is 29.9 Å². The van der Waals surface area contributed by atoms with E-state index in [1.807, 2.05) is 32.9 Å². The van der Waals surface area contributed by atoms with E-state index in [0.717, 1.165) is 16.8 Å². The van der Waals surface area contributed by atoms with Crippen LogP contribution in [-0.2, 0) is 4.74 Å². The minimum atomic E-state index is -0.634. The summed E-state index contributed by atoms with van der Waals surface area (Å²) in [5.41, 5.74) is 3.03. The van der Waals surface area contributed by atoms with Gasteiger partial charge in [-0.15, -0.1) is 5.10 Å². The molecule has 2 atom stereocenters. The van der Waals surface area contributed by atoms with Gasteiger partial charge >= 0.3 is 11.8 Å². The van der Waals surface area contributed by atoms with Crippen LogP contribution in [0.15, 0.2) is 39.9 Å². The third-order valence-corrected chi connectivity index (χ3v) is 4.96. The molecule has 168 valence electrons. The maximum absolute atomic E-state index is 12.0. The zero-order valence-corrected chi connectivity index (χ0v) is 18.1. The van der Waals surface area contributed by atoms with Gasteiger partial charge in [0, 0.05) is 55.4 Å². The second-order valence-corrected chi connectivity index (χ2v) is 7.61. The Morgan fingerprint density at radius 2 is 1.94 bits per heavy atom. The molecule has 0 spiro atoms. The molecule has 11 nitrogen and oxygen atoms in total. The SMILES string of the molecule is CCNC(=O)Nc1cc(N2C[C@@H](C)O[C@@H](C)C2)c(-c2cncc(-c3n[nH]c(=O)o3)c2)cn1. The van der Waals surface area contributed by atoms with Crippen molar-refractivity contribution in [3.05, 3.63) is 41.3 Å². The summed E-state index contributed by atoms with van der Waals surface area (Å²) in [5, 5.41) is 11.6. The fourth-order valence-electron chi connectivity index (χ4n) is 3.75. The summed E-state index contributed by atoms with van der Waals surface area (Å²) in [6, 6.07) is 3.35. The van der Waals surface area contributed by atoms with Crippen molar-refractivity contribution < 1.29 is 13.9 Å². The van der Waals surface area contributed by atoms with Crippen LogP contribution in [0.2, 0.25) is 0 Å². The molecule has 4 heterocycles. The highest BCUT2D eigenvalue weighted by Gasteiger charge is 2.25. The molecule has 1 saturated heterocycles. The highest BCUT2D eigenvalue weighted by molar-refractivity contribution is 5.90. The molecule has 0 aromatic carbocycles. The Morgan fingerprint density at radius 3 is 2.62 bits per heavy atom. The van der Waals surface area contributed by atoms with Gasteiger partial charge in [-0.3, -0.25) is 10.3 Å². The van der Waals surface area contributed by atoms with E-state index in [0.29, 0.717) is 31.0 Å². The molecular formula is C21H25N7O4. The minimum absolute atomic E-state index is 0.0438. The number of nitrogens with one attached hydrogen (secondary N) is 3. The number of nitrogens with zero attached hydrogens (tertiary/aromatic N) is 4. The van der Waals surface area contributed by atoms with Gasteiger partial charge in [0.2, 0.25) is 0 Å². The number of anilines is 2. The second-order valence-electron chi connectivity index (χ2n) is 7.61. The van der Waals surface area contributed by atoms with Gasteiger partial charge in [-0.1, -0.05) is 0 Å². The molecule has 2 amide bonds. The summed E-state index contributed by atoms with van der Waals surface area (Å²) in [6.07, 6.45) is 5.06. The Labute approximate surface area is 184 Å². The fraction of sp³-hybridized carbons (Fsp3) is 0.381. The van der Waals surface area contributed by atoms with Crippen molar-refractivity contribution in [3.63, 3.8) is 0 Å². The summed E-state index contributed by atoms with van der Waals surface area (Å²) in [7, 11) is 0. The van der Waals surface area contributed by atoms with E-state index in [-0.39, 0.29) is 24.1 Å². The largest absolute Gasteiger partial charge is 0.434 e. The number of rotatable bonds is 5. The molecule has 3 aromatic rings. The van der Waals surface area contributed by atoms with Crippen LogP contribution >= 0.6 is 0 Å². The Bertz CT molecular complexity index is 1150. The Balaban J connectivity index is 1.75. The first-order valence-corrected chi connectivity index (χ1v) is 10.4. The molecule has 0 bridgehead atoms. The predicted octanol–water partition coefficient (Wildman–Crippen LogP) is 2.24. The number of carbonyl (C=O) groups is 1.